The van der Waals surface area contributed by atoms with Crippen LogP contribution in [0.2, 0.25) is 0 Å². The van der Waals surface area contributed by atoms with Crippen molar-refractivity contribution in [3.05, 3.63) is 51.4 Å². The standard InChI is InChI=1S/C14H21NO2S.C8H5F3O/c1-14(2,3)8-5-6-9-10(7-8)18-12(15-4)11(9)13(16)17;9-8(10,11)7-4-2-1-3-6(7)5-12/h8,15H,5-7H2,1-4H3,(H,16,17);1-5H. The van der Waals surface area contributed by atoms with Gasteiger partial charge in [-0.1, -0.05) is 39.0 Å². The van der Waals surface area contributed by atoms with Gasteiger partial charge in [-0.05, 0) is 42.2 Å². The normalized spacial score (nSPS) is 16.2. The van der Waals surface area contributed by atoms with Crippen molar-refractivity contribution in [1.82, 2.24) is 0 Å². The van der Waals surface area contributed by atoms with Crippen molar-refractivity contribution in [2.45, 2.75) is 46.2 Å². The van der Waals surface area contributed by atoms with Gasteiger partial charge in [-0.2, -0.15) is 13.2 Å². The molecule has 1 heterocycles. The molecule has 0 fully saturated rings. The average Bonchev–Trinajstić information content (AvgIpc) is 3.05. The van der Waals surface area contributed by atoms with Crippen LogP contribution >= 0.6 is 11.3 Å². The van der Waals surface area contributed by atoms with E-state index >= 15 is 0 Å². The minimum atomic E-state index is -4.45. The molecular formula is C22H26F3NO3S. The number of carbonyl (C=O) groups is 2. The number of aromatic carboxylic acids is 1. The van der Waals surface area contributed by atoms with Gasteiger partial charge in [-0.25, -0.2) is 4.79 Å². The minimum absolute atomic E-state index is 0.197. The number of thiophene rings is 1. The lowest BCUT2D eigenvalue weighted by molar-refractivity contribution is -0.137. The Bertz CT molecular complexity index is 913. The monoisotopic (exact) mass is 441 g/mol. The molecule has 0 saturated carbocycles. The van der Waals surface area contributed by atoms with Crippen LogP contribution in [0.15, 0.2) is 24.3 Å². The van der Waals surface area contributed by atoms with Crippen LogP contribution in [-0.4, -0.2) is 24.4 Å². The minimum Gasteiger partial charge on any atom is -0.478 e. The van der Waals surface area contributed by atoms with Crippen molar-refractivity contribution in [2.24, 2.45) is 11.3 Å². The van der Waals surface area contributed by atoms with Crippen LogP contribution < -0.4 is 5.32 Å². The molecule has 0 saturated heterocycles. The number of benzene rings is 1. The number of rotatable bonds is 3. The van der Waals surface area contributed by atoms with E-state index in [-0.39, 0.29) is 11.8 Å². The van der Waals surface area contributed by atoms with Crippen molar-refractivity contribution >= 4 is 28.6 Å². The van der Waals surface area contributed by atoms with Gasteiger partial charge in [-0.15, -0.1) is 11.3 Å². The number of fused-ring (bicyclic) bond motifs is 1. The van der Waals surface area contributed by atoms with Gasteiger partial charge in [0, 0.05) is 17.5 Å². The quantitative estimate of drug-likeness (QED) is 0.560. The highest BCUT2D eigenvalue weighted by Gasteiger charge is 2.34. The van der Waals surface area contributed by atoms with E-state index in [2.05, 4.69) is 26.1 Å². The lowest BCUT2D eigenvalue weighted by Gasteiger charge is -2.33. The van der Waals surface area contributed by atoms with Gasteiger partial charge >= 0.3 is 12.1 Å². The van der Waals surface area contributed by atoms with Crippen molar-refractivity contribution in [1.29, 1.82) is 0 Å². The maximum Gasteiger partial charge on any atom is 0.417 e. The second-order valence-electron chi connectivity index (χ2n) is 8.27. The topological polar surface area (TPSA) is 66.4 Å². The van der Waals surface area contributed by atoms with Gasteiger partial charge < -0.3 is 10.4 Å². The predicted octanol–water partition coefficient (Wildman–Crippen LogP) is 6.16. The van der Waals surface area contributed by atoms with Crippen LogP contribution in [0.5, 0.6) is 0 Å². The number of carboxylic acids is 1. The van der Waals surface area contributed by atoms with Gasteiger partial charge in [-0.3, -0.25) is 4.79 Å². The van der Waals surface area contributed by atoms with Crippen molar-refractivity contribution in [2.75, 3.05) is 12.4 Å². The molecule has 0 aliphatic heterocycles. The van der Waals surface area contributed by atoms with E-state index < -0.39 is 17.7 Å². The number of hydrogen-bond acceptors (Lipinski definition) is 4. The molecule has 1 aliphatic rings. The molecule has 0 amide bonds. The molecule has 1 atom stereocenters. The van der Waals surface area contributed by atoms with Crippen molar-refractivity contribution in [3.63, 3.8) is 0 Å². The fourth-order valence-electron chi connectivity index (χ4n) is 3.59. The van der Waals surface area contributed by atoms with E-state index in [9.17, 15) is 27.9 Å². The number of alkyl halides is 3. The highest BCUT2D eigenvalue weighted by molar-refractivity contribution is 7.16. The Hall–Kier alpha value is -2.35. The van der Waals surface area contributed by atoms with Crippen LogP contribution in [-0.2, 0) is 19.0 Å². The van der Waals surface area contributed by atoms with Crippen LogP contribution in [0.25, 0.3) is 0 Å². The fourth-order valence-corrected chi connectivity index (χ4v) is 4.86. The van der Waals surface area contributed by atoms with E-state index in [0.29, 0.717) is 16.9 Å². The zero-order valence-electron chi connectivity index (χ0n) is 17.4. The first kappa shape index (κ1) is 23.9. The molecule has 164 valence electrons. The summed E-state index contributed by atoms with van der Waals surface area (Å²) in [7, 11) is 1.80. The Labute approximate surface area is 178 Å². The lowest BCUT2D eigenvalue weighted by atomic mass is 9.72. The first-order valence-corrected chi connectivity index (χ1v) is 10.4. The summed E-state index contributed by atoms with van der Waals surface area (Å²) in [5.41, 5.74) is 0.650. The van der Waals surface area contributed by atoms with Crippen LogP contribution in [0, 0.1) is 11.3 Å². The average molecular weight is 442 g/mol. The molecule has 2 N–H and O–H groups in total. The van der Waals surface area contributed by atoms with Gasteiger partial charge in [0.1, 0.15) is 5.00 Å². The summed E-state index contributed by atoms with van der Waals surface area (Å²) < 4.78 is 36.2. The first-order valence-electron chi connectivity index (χ1n) is 9.57. The van der Waals surface area contributed by atoms with Crippen LogP contribution in [0.1, 0.15) is 63.9 Å². The van der Waals surface area contributed by atoms with E-state index in [1.165, 1.54) is 17.0 Å². The van der Waals surface area contributed by atoms with E-state index in [1.54, 1.807) is 18.4 Å². The summed E-state index contributed by atoms with van der Waals surface area (Å²) in [5.74, 6) is -0.152. The lowest BCUT2D eigenvalue weighted by Crippen LogP contribution is -2.26. The summed E-state index contributed by atoms with van der Waals surface area (Å²) in [6.07, 6.45) is -1.24. The number of anilines is 1. The number of hydrogen-bond donors (Lipinski definition) is 2. The Morgan fingerprint density at radius 2 is 1.87 bits per heavy atom. The number of carboxylic acid groups (broad SMARTS) is 1. The van der Waals surface area contributed by atoms with Crippen molar-refractivity contribution < 1.29 is 27.9 Å². The van der Waals surface area contributed by atoms with Gasteiger partial charge in [0.15, 0.2) is 6.29 Å². The number of aldehydes is 1. The zero-order chi connectivity index (χ0) is 22.7. The molecule has 1 unspecified atom stereocenters. The molecule has 1 aromatic carbocycles. The molecule has 0 spiro atoms. The predicted molar refractivity (Wildman–Crippen MR) is 113 cm³/mol. The third kappa shape index (κ3) is 5.41. The summed E-state index contributed by atoms with van der Waals surface area (Å²) in [4.78, 5) is 22.8. The molecule has 3 rings (SSSR count). The van der Waals surface area contributed by atoms with E-state index in [0.717, 1.165) is 42.0 Å². The van der Waals surface area contributed by atoms with E-state index in [1.807, 2.05) is 0 Å². The van der Waals surface area contributed by atoms with Gasteiger partial charge in [0.05, 0.1) is 11.1 Å². The number of nitrogens with one attached hydrogen (secondary N) is 1. The zero-order valence-corrected chi connectivity index (χ0v) is 18.2. The maximum absolute atomic E-state index is 12.1. The Balaban J connectivity index is 0.000000232. The number of halogens is 3. The third-order valence-corrected chi connectivity index (χ3v) is 6.60. The second kappa shape index (κ2) is 9.20. The summed E-state index contributed by atoms with van der Waals surface area (Å²) >= 11 is 1.62. The van der Waals surface area contributed by atoms with Crippen molar-refractivity contribution in [3.8, 4) is 0 Å². The van der Waals surface area contributed by atoms with Gasteiger partial charge in [0.25, 0.3) is 0 Å². The maximum atomic E-state index is 12.1. The summed E-state index contributed by atoms with van der Waals surface area (Å²) in [6.45, 7) is 6.81. The molecule has 1 aromatic heterocycles. The first-order chi connectivity index (χ1) is 13.9. The molecular weight excluding hydrogens is 415 g/mol. The fraction of sp³-hybridized carbons (Fsp3) is 0.455. The van der Waals surface area contributed by atoms with E-state index in [4.69, 9.17) is 0 Å². The Morgan fingerprint density at radius 1 is 1.23 bits per heavy atom. The molecule has 1 aliphatic carbocycles. The van der Waals surface area contributed by atoms with Gasteiger partial charge in [0.2, 0.25) is 0 Å². The molecule has 0 radical (unpaired) electrons. The SMILES string of the molecule is CNc1sc2c(c1C(=O)O)CCC(C(C)(C)C)C2.O=Cc1ccccc1C(F)(F)F. The molecule has 4 nitrogen and oxygen atoms in total. The van der Waals surface area contributed by atoms with Crippen LogP contribution in [0.3, 0.4) is 0 Å². The smallest absolute Gasteiger partial charge is 0.417 e. The second-order valence-corrected chi connectivity index (χ2v) is 9.38. The Morgan fingerprint density at radius 3 is 2.33 bits per heavy atom. The number of carbonyl (C=O) groups excluding carboxylic acids is 1. The van der Waals surface area contributed by atoms with Crippen LogP contribution in [0.4, 0.5) is 18.2 Å². The molecule has 2 aromatic rings. The third-order valence-electron chi connectivity index (χ3n) is 5.32. The summed E-state index contributed by atoms with van der Waals surface area (Å²) in [6, 6.07) is 4.65. The molecule has 30 heavy (non-hydrogen) atoms. The Kier molecular flexibility index (Phi) is 7.34. The summed E-state index contributed by atoms with van der Waals surface area (Å²) in [5, 5.41) is 13.2. The highest BCUT2D eigenvalue weighted by Crippen LogP contribution is 2.44. The highest BCUT2D eigenvalue weighted by atomic mass is 32.1. The largest absolute Gasteiger partial charge is 0.478 e. The molecule has 0 bridgehead atoms. The molecule has 8 heteroatoms.